The van der Waals surface area contributed by atoms with Crippen molar-refractivity contribution in [1.82, 2.24) is 15.2 Å². The molecule has 1 aliphatic heterocycles. The number of likely N-dealkylation sites (tertiary alicyclic amines) is 1. The predicted molar refractivity (Wildman–Crippen MR) is 126 cm³/mol. The Bertz CT molecular complexity index is 1090. The van der Waals surface area contributed by atoms with Gasteiger partial charge in [-0.3, -0.25) is 9.59 Å². The van der Waals surface area contributed by atoms with Gasteiger partial charge in [-0.2, -0.15) is 5.26 Å². The fourth-order valence-electron chi connectivity index (χ4n) is 4.22. The van der Waals surface area contributed by atoms with Gasteiger partial charge in [-0.1, -0.05) is 18.2 Å². The van der Waals surface area contributed by atoms with Gasteiger partial charge < -0.3 is 15.0 Å². The molecule has 2 aliphatic rings. The topological polar surface area (TPSA) is 95.3 Å². The maximum Gasteiger partial charge on any atom is 0.253 e. The molecule has 1 saturated carbocycles. The Labute approximate surface area is 198 Å². The number of thioether (sulfide) groups is 1. The smallest absolute Gasteiger partial charge is 0.253 e. The minimum atomic E-state index is -0.232. The molecule has 2 amide bonds. The average molecular weight is 465 g/mol. The highest BCUT2D eigenvalue weighted by Gasteiger charge is 2.30. The first-order valence-electron chi connectivity index (χ1n) is 11.2. The van der Waals surface area contributed by atoms with Crippen LogP contribution in [0.15, 0.2) is 35.4 Å². The number of methoxy groups -OCH3 is 1. The van der Waals surface area contributed by atoms with Crippen LogP contribution >= 0.6 is 11.8 Å². The maximum absolute atomic E-state index is 13.1. The van der Waals surface area contributed by atoms with Crippen LogP contribution in [0.3, 0.4) is 0 Å². The Kier molecular flexibility index (Phi) is 7.19. The number of amides is 2. The number of hydrogen-bond acceptors (Lipinski definition) is 6. The van der Waals surface area contributed by atoms with Crippen LogP contribution in [-0.2, 0) is 11.2 Å². The highest BCUT2D eigenvalue weighted by atomic mass is 32.2. The second-order valence-corrected chi connectivity index (χ2v) is 9.28. The molecule has 33 heavy (non-hydrogen) atoms. The van der Waals surface area contributed by atoms with Crippen molar-refractivity contribution < 1.29 is 14.3 Å². The molecule has 8 heteroatoms. The fourth-order valence-corrected chi connectivity index (χ4v) is 4.78. The zero-order chi connectivity index (χ0) is 23.4. The van der Waals surface area contributed by atoms with Gasteiger partial charge in [-0.15, -0.1) is 11.8 Å². The van der Waals surface area contributed by atoms with Crippen molar-refractivity contribution in [3.05, 3.63) is 52.7 Å². The van der Waals surface area contributed by atoms with E-state index < -0.39 is 0 Å². The van der Waals surface area contributed by atoms with Gasteiger partial charge in [-0.25, -0.2) is 4.98 Å². The summed E-state index contributed by atoms with van der Waals surface area (Å²) in [6.45, 7) is 1.17. The van der Waals surface area contributed by atoms with E-state index in [-0.39, 0.29) is 17.9 Å². The number of nitrogens with zero attached hydrogens (tertiary/aromatic N) is 3. The second kappa shape index (κ2) is 10.3. The molecule has 7 nitrogen and oxygen atoms in total. The quantitative estimate of drug-likeness (QED) is 0.630. The molecule has 0 unspecified atom stereocenters. The van der Waals surface area contributed by atoms with Crippen molar-refractivity contribution in [2.24, 2.45) is 0 Å². The Hall–Kier alpha value is -3.05. The van der Waals surface area contributed by atoms with Crippen molar-refractivity contribution in [3.8, 4) is 11.8 Å². The fraction of sp³-hybridized carbons (Fsp3) is 0.440. The Morgan fingerprint density at radius 1 is 1.24 bits per heavy atom. The zero-order valence-corrected chi connectivity index (χ0v) is 19.8. The summed E-state index contributed by atoms with van der Waals surface area (Å²) in [5.74, 6) is 0.940. The molecular weight excluding hydrogens is 436 g/mol. The zero-order valence-electron chi connectivity index (χ0n) is 19.0. The summed E-state index contributed by atoms with van der Waals surface area (Å²) in [6.07, 6.45) is 5.69. The van der Waals surface area contributed by atoms with Crippen molar-refractivity contribution in [1.29, 1.82) is 5.26 Å². The number of pyridine rings is 1. The maximum atomic E-state index is 13.1. The van der Waals surface area contributed by atoms with Gasteiger partial charge in [0.2, 0.25) is 5.91 Å². The highest BCUT2D eigenvalue weighted by Crippen LogP contribution is 2.40. The van der Waals surface area contributed by atoms with E-state index >= 15 is 0 Å². The van der Waals surface area contributed by atoms with E-state index in [9.17, 15) is 14.9 Å². The lowest BCUT2D eigenvalue weighted by molar-refractivity contribution is -0.131. The summed E-state index contributed by atoms with van der Waals surface area (Å²) in [4.78, 5) is 32.3. The summed E-state index contributed by atoms with van der Waals surface area (Å²) >= 11 is 1.40. The lowest BCUT2D eigenvalue weighted by Crippen LogP contribution is -2.47. The summed E-state index contributed by atoms with van der Waals surface area (Å²) in [6, 6.07) is 11.5. The highest BCUT2D eigenvalue weighted by molar-refractivity contribution is 7.98. The number of aromatic nitrogens is 1. The van der Waals surface area contributed by atoms with E-state index in [0.29, 0.717) is 60.2 Å². The van der Waals surface area contributed by atoms with Crippen molar-refractivity contribution >= 4 is 23.6 Å². The molecule has 4 rings (SSSR count). The Morgan fingerprint density at radius 2 is 1.97 bits per heavy atom. The molecule has 0 spiro atoms. The third-order valence-electron chi connectivity index (χ3n) is 6.27. The number of rotatable bonds is 7. The average Bonchev–Trinajstić information content (AvgIpc) is 3.69. The molecule has 2 heterocycles. The molecule has 0 bridgehead atoms. The van der Waals surface area contributed by atoms with Crippen LogP contribution in [0.2, 0.25) is 0 Å². The van der Waals surface area contributed by atoms with Gasteiger partial charge >= 0.3 is 0 Å². The molecule has 1 saturated heterocycles. The van der Waals surface area contributed by atoms with E-state index in [2.05, 4.69) is 16.4 Å². The number of ether oxygens (including phenoxy) is 1. The van der Waals surface area contributed by atoms with Crippen molar-refractivity contribution in [2.75, 3.05) is 26.5 Å². The molecule has 0 radical (unpaired) electrons. The largest absolute Gasteiger partial charge is 0.496 e. The van der Waals surface area contributed by atoms with Crippen LogP contribution in [0.5, 0.6) is 5.75 Å². The number of nitriles is 1. The second-order valence-electron chi connectivity index (χ2n) is 8.48. The van der Waals surface area contributed by atoms with Crippen molar-refractivity contribution in [2.45, 2.75) is 49.1 Å². The van der Waals surface area contributed by atoms with E-state index in [1.54, 1.807) is 13.2 Å². The molecule has 1 aromatic heterocycles. The van der Waals surface area contributed by atoms with Gasteiger partial charge in [0.1, 0.15) is 16.8 Å². The van der Waals surface area contributed by atoms with Gasteiger partial charge in [0.25, 0.3) is 5.91 Å². The summed E-state index contributed by atoms with van der Waals surface area (Å²) in [5.41, 5.74) is 2.53. The molecule has 1 aromatic carbocycles. The Balaban J connectivity index is 1.37. The van der Waals surface area contributed by atoms with E-state index in [0.717, 1.165) is 24.1 Å². The molecular formula is C25H28N4O3S. The monoisotopic (exact) mass is 464 g/mol. The minimum Gasteiger partial charge on any atom is -0.496 e. The first-order valence-corrected chi connectivity index (χ1v) is 12.5. The standard InChI is InChI=1S/C25H28N4O3S/c1-32-22-6-4-3-5-17(22)13-23(30)29-11-9-18(10-12-29)27-24(31)19-14-21(16-7-8-16)28-25(33-2)20(19)15-26/h3-6,14,16,18H,7-13H2,1-2H3,(H,27,31). The van der Waals surface area contributed by atoms with Crippen LogP contribution in [-0.4, -0.2) is 54.2 Å². The summed E-state index contributed by atoms with van der Waals surface area (Å²) in [5, 5.41) is 13.4. The number of carbonyl (C=O) groups is 2. The van der Waals surface area contributed by atoms with Gasteiger partial charge in [-0.05, 0) is 44.1 Å². The first-order chi connectivity index (χ1) is 16.0. The third-order valence-corrected chi connectivity index (χ3v) is 6.95. The van der Waals surface area contributed by atoms with Crippen LogP contribution in [0.1, 0.15) is 58.8 Å². The lowest BCUT2D eigenvalue weighted by atomic mass is 10.0. The molecule has 172 valence electrons. The normalized spacial score (nSPS) is 16.2. The van der Waals surface area contributed by atoms with Crippen LogP contribution < -0.4 is 10.1 Å². The molecule has 1 N–H and O–H groups in total. The molecule has 1 aliphatic carbocycles. The van der Waals surface area contributed by atoms with Crippen LogP contribution in [0, 0.1) is 11.3 Å². The molecule has 2 aromatic rings. The summed E-state index contributed by atoms with van der Waals surface area (Å²) in [7, 11) is 1.60. The van der Waals surface area contributed by atoms with Gasteiger partial charge in [0.15, 0.2) is 0 Å². The van der Waals surface area contributed by atoms with Crippen LogP contribution in [0.4, 0.5) is 0 Å². The number of hydrogen-bond donors (Lipinski definition) is 1. The SMILES string of the molecule is COc1ccccc1CC(=O)N1CCC(NC(=O)c2cc(C3CC3)nc(SC)c2C#N)CC1. The first kappa shape index (κ1) is 23.1. The van der Waals surface area contributed by atoms with Crippen molar-refractivity contribution in [3.63, 3.8) is 0 Å². The predicted octanol–water partition coefficient (Wildman–Crippen LogP) is 3.52. The molecule has 2 fully saturated rings. The van der Waals surface area contributed by atoms with E-state index in [1.165, 1.54) is 11.8 Å². The van der Waals surface area contributed by atoms with Gasteiger partial charge in [0, 0.05) is 36.3 Å². The minimum absolute atomic E-state index is 0.0328. The molecule has 0 atom stereocenters. The van der Waals surface area contributed by atoms with Gasteiger partial charge in [0.05, 0.1) is 24.7 Å². The number of nitrogens with one attached hydrogen (secondary N) is 1. The Morgan fingerprint density at radius 3 is 2.61 bits per heavy atom. The van der Waals surface area contributed by atoms with E-state index in [1.807, 2.05) is 35.4 Å². The number of para-hydroxylation sites is 1. The van der Waals surface area contributed by atoms with E-state index in [4.69, 9.17) is 4.74 Å². The number of piperidine rings is 1. The number of benzene rings is 1. The summed E-state index contributed by atoms with van der Waals surface area (Å²) < 4.78 is 5.35. The van der Waals surface area contributed by atoms with Crippen LogP contribution in [0.25, 0.3) is 0 Å². The third kappa shape index (κ3) is 5.31. The lowest BCUT2D eigenvalue weighted by Gasteiger charge is -2.32. The number of carbonyl (C=O) groups excluding carboxylic acids is 2.